The smallest absolute Gasteiger partial charge is 0.155 e. The van der Waals surface area contributed by atoms with Crippen LogP contribution < -0.4 is 0 Å². The molecular weight excluding hydrogens is 256 g/mol. The summed E-state index contributed by atoms with van der Waals surface area (Å²) < 4.78 is 0. The summed E-state index contributed by atoms with van der Waals surface area (Å²) in [5, 5.41) is 0. The predicted molar refractivity (Wildman–Crippen MR) is 87.9 cm³/mol. The highest BCUT2D eigenvalue weighted by Crippen LogP contribution is 2.79. The fourth-order valence-electron chi connectivity index (χ4n) is 5.88. The Kier molecular flexibility index (Phi) is 3.66. The van der Waals surface area contributed by atoms with Crippen LogP contribution in [0.25, 0.3) is 0 Å². The van der Waals surface area contributed by atoms with Gasteiger partial charge in [0.2, 0.25) is 0 Å². The molecule has 3 aliphatic rings. The molecule has 0 N–H and O–H groups in total. The molecule has 0 bridgehead atoms. The third-order valence-corrected chi connectivity index (χ3v) is 6.78. The Labute approximate surface area is 129 Å². The second-order valence-electron chi connectivity index (χ2n) is 8.29. The molecule has 3 fully saturated rings. The zero-order chi connectivity index (χ0) is 15.4. The van der Waals surface area contributed by atoms with Gasteiger partial charge in [-0.2, -0.15) is 0 Å². The van der Waals surface area contributed by atoms with E-state index >= 15 is 0 Å². The van der Waals surface area contributed by atoms with Gasteiger partial charge in [0.25, 0.3) is 0 Å². The summed E-state index contributed by atoms with van der Waals surface area (Å²) in [4.78, 5) is 12.1. The highest BCUT2D eigenvalue weighted by atomic mass is 16.1. The van der Waals surface area contributed by atoms with Gasteiger partial charge in [0.1, 0.15) is 0 Å². The van der Waals surface area contributed by atoms with Crippen molar-refractivity contribution in [1.29, 1.82) is 0 Å². The van der Waals surface area contributed by atoms with Crippen molar-refractivity contribution in [3.63, 3.8) is 0 Å². The first-order valence-corrected chi connectivity index (χ1v) is 8.73. The Morgan fingerprint density at radius 1 is 1.43 bits per heavy atom. The first kappa shape index (κ1) is 15.1. The first-order valence-electron chi connectivity index (χ1n) is 8.73. The van der Waals surface area contributed by atoms with Crippen LogP contribution >= 0.6 is 0 Å². The fraction of sp³-hybridized carbons (Fsp3) is 0.750. The van der Waals surface area contributed by atoms with Gasteiger partial charge in [-0.05, 0) is 80.6 Å². The Morgan fingerprint density at radius 2 is 2.14 bits per heavy atom. The Bertz CT molecular complexity index is 496. The van der Waals surface area contributed by atoms with Crippen molar-refractivity contribution < 1.29 is 4.79 Å². The van der Waals surface area contributed by atoms with E-state index in [2.05, 4.69) is 20.4 Å². The SMILES string of the molecule is C=C1CCC23C1C2[C@@H]([C@H](C)CC(=O)C=C(C)C)CC[C@@H]3C. The Morgan fingerprint density at radius 3 is 2.81 bits per heavy atom. The summed E-state index contributed by atoms with van der Waals surface area (Å²) in [6.07, 6.45) is 7.85. The van der Waals surface area contributed by atoms with E-state index in [9.17, 15) is 4.79 Å². The summed E-state index contributed by atoms with van der Waals surface area (Å²) in [7, 11) is 0. The molecule has 0 heterocycles. The summed E-state index contributed by atoms with van der Waals surface area (Å²) in [5.41, 5.74) is 3.23. The molecule has 3 unspecified atom stereocenters. The molecule has 6 atom stereocenters. The molecule has 0 aliphatic heterocycles. The fourth-order valence-corrected chi connectivity index (χ4v) is 5.88. The quantitative estimate of drug-likeness (QED) is 0.514. The van der Waals surface area contributed by atoms with Crippen molar-refractivity contribution in [2.24, 2.45) is 35.0 Å². The monoisotopic (exact) mass is 286 g/mol. The molecule has 0 amide bonds. The highest BCUT2D eigenvalue weighted by Gasteiger charge is 2.73. The van der Waals surface area contributed by atoms with Gasteiger partial charge >= 0.3 is 0 Å². The van der Waals surface area contributed by atoms with Crippen LogP contribution in [-0.2, 0) is 4.79 Å². The third-order valence-electron chi connectivity index (χ3n) is 6.78. The lowest BCUT2D eigenvalue weighted by Crippen LogP contribution is -2.29. The van der Waals surface area contributed by atoms with Gasteiger partial charge in [0.05, 0.1) is 0 Å². The zero-order valence-electron chi connectivity index (χ0n) is 14.1. The van der Waals surface area contributed by atoms with E-state index in [-0.39, 0.29) is 0 Å². The number of carbonyl (C=O) groups is 1. The number of carbonyl (C=O) groups excluding carboxylic acids is 1. The number of rotatable bonds is 4. The van der Waals surface area contributed by atoms with Crippen LogP contribution in [0.4, 0.5) is 0 Å². The minimum absolute atomic E-state index is 0.319. The topological polar surface area (TPSA) is 17.1 Å². The van der Waals surface area contributed by atoms with E-state index in [1.165, 1.54) is 31.3 Å². The van der Waals surface area contributed by atoms with Crippen LogP contribution in [0.5, 0.6) is 0 Å². The number of allylic oxidation sites excluding steroid dienone is 3. The molecule has 1 nitrogen and oxygen atoms in total. The molecule has 1 spiro atoms. The predicted octanol–water partition coefficient (Wildman–Crippen LogP) is 5.18. The van der Waals surface area contributed by atoms with Crippen LogP contribution in [-0.4, -0.2) is 5.78 Å². The van der Waals surface area contributed by atoms with Crippen LogP contribution in [0, 0.1) is 35.0 Å². The molecule has 0 aromatic carbocycles. The summed E-state index contributed by atoms with van der Waals surface area (Å²) >= 11 is 0. The molecular formula is C20H30O. The van der Waals surface area contributed by atoms with E-state index in [1.54, 1.807) is 0 Å². The molecule has 116 valence electrons. The van der Waals surface area contributed by atoms with Gasteiger partial charge < -0.3 is 0 Å². The van der Waals surface area contributed by atoms with Crippen molar-refractivity contribution in [2.45, 2.75) is 59.8 Å². The summed E-state index contributed by atoms with van der Waals surface area (Å²) in [5.74, 6) is 4.10. The van der Waals surface area contributed by atoms with E-state index < -0.39 is 0 Å². The van der Waals surface area contributed by atoms with Gasteiger partial charge in [-0.15, -0.1) is 0 Å². The lowest BCUT2D eigenvalue weighted by atomic mass is 9.68. The lowest BCUT2D eigenvalue weighted by molar-refractivity contribution is -0.116. The number of hydrogen-bond acceptors (Lipinski definition) is 1. The van der Waals surface area contributed by atoms with Crippen molar-refractivity contribution in [1.82, 2.24) is 0 Å². The molecule has 1 heteroatoms. The molecule has 21 heavy (non-hydrogen) atoms. The van der Waals surface area contributed by atoms with Gasteiger partial charge in [0.15, 0.2) is 5.78 Å². The Hall–Kier alpha value is -0.850. The van der Waals surface area contributed by atoms with Gasteiger partial charge in [-0.25, -0.2) is 0 Å². The van der Waals surface area contributed by atoms with Crippen molar-refractivity contribution in [3.05, 3.63) is 23.8 Å². The van der Waals surface area contributed by atoms with Gasteiger partial charge in [-0.3, -0.25) is 4.79 Å². The maximum absolute atomic E-state index is 12.1. The van der Waals surface area contributed by atoms with Gasteiger partial charge in [-0.1, -0.05) is 31.6 Å². The minimum atomic E-state index is 0.319. The van der Waals surface area contributed by atoms with Crippen molar-refractivity contribution in [3.8, 4) is 0 Å². The highest BCUT2D eigenvalue weighted by molar-refractivity contribution is 5.90. The molecule has 3 aliphatic carbocycles. The average molecular weight is 286 g/mol. The molecule has 0 aromatic rings. The standard InChI is InChI=1S/C20H30O/c1-12(2)10-16(21)11-14(4)17-7-6-15(5)20-9-8-13(3)18(20)19(17)20/h10,14-15,17-19H,3,6-9,11H2,1-2,4-5H3/t14-,15+,17-,18?,19?,20?/m1/s1. The second kappa shape index (κ2) is 5.11. The zero-order valence-corrected chi connectivity index (χ0v) is 14.1. The first-order chi connectivity index (χ1) is 9.87. The number of fused-ring (bicyclic) bond motifs is 1. The summed E-state index contributed by atoms with van der Waals surface area (Å²) in [6, 6.07) is 0. The maximum atomic E-state index is 12.1. The lowest BCUT2D eigenvalue weighted by Gasteiger charge is -2.36. The van der Waals surface area contributed by atoms with Crippen LogP contribution in [0.3, 0.4) is 0 Å². The largest absolute Gasteiger partial charge is 0.295 e. The van der Waals surface area contributed by atoms with Crippen LogP contribution in [0.15, 0.2) is 23.8 Å². The normalized spacial score (nSPS) is 42.0. The van der Waals surface area contributed by atoms with E-state index in [1.807, 2.05) is 19.9 Å². The van der Waals surface area contributed by atoms with E-state index in [0.717, 1.165) is 35.7 Å². The summed E-state index contributed by atoms with van der Waals surface area (Å²) in [6.45, 7) is 13.1. The third kappa shape index (κ3) is 2.24. The molecule has 0 aromatic heterocycles. The number of ketones is 1. The molecule has 3 rings (SSSR count). The minimum Gasteiger partial charge on any atom is -0.295 e. The van der Waals surface area contributed by atoms with Gasteiger partial charge in [0, 0.05) is 6.42 Å². The van der Waals surface area contributed by atoms with Crippen molar-refractivity contribution in [2.75, 3.05) is 0 Å². The molecule has 0 saturated heterocycles. The average Bonchev–Trinajstić information content (AvgIpc) is 2.95. The van der Waals surface area contributed by atoms with Crippen LogP contribution in [0.2, 0.25) is 0 Å². The Balaban J connectivity index is 1.71. The van der Waals surface area contributed by atoms with E-state index in [0.29, 0.717) is 17.1 Å². The number of hydrogen-bond donors (Lipinski definition) is 0. The molecule has 0 radical (unpaired) electrons. The maximum Gasteiger partial charge on any atom is 0.155 e. The van der Waals surface area contributed by atoms with Crippen molar-refractivity contribution >= 4 is 5.78 Å². The van der Waals surface area contributed by atoms with Crippen LogP contribution in [0.1, 0.15) is 59.8 Å². The second-order valence-corrected chi connectivity index (χ2v) is 8.29. The van der Waals surface area contributed by atoms with E-state index in [4.69, 9.17) is 0 Å². The molecule has 3 saturated carbocycles.